The topological polar surface area (TPSA) is 142 Å². The Morgan fingerprint density at radius 3 is 2.84 bits per heavy atom. The Morgan fingerprint density at radius 2 is 2.16 bits per heavy atom. The number of carboxylic acid groups (broad SMARTS) is 1. The molecule has 0 radical (unpaired) electrons. The van der Waals surface area contributed by atoms with Crippen molar-refractivity contribution in [3.8, 4) is 0 Å². The van der Waals surface area contributed by atoms with Gasteiger partial charge in [-0.05, 0) is 31.4 Å². The van der Waals surface area contributed by atoms with Crippen LogP contribution in [0.3, 0.4) is 0 Å². The molecule has 2 aliphatic rings. The van der Waals surface area contributed by atoms with E-state index in [1.54, 1.807) is 23.2 Å². The van der Waals surface area contributed by atoms with Crippen molar-refractivity contribution < 1.29 is 23.9 Å². The first-order valence-electron chi connectivity index (χ1n) is 11.0. The van der Waals surface area contributed by atoms with Crippen LogP contribution < -0.4 is 11.1 Å². The predicted molar refractivity (Wildman–Crippen MR) is 117 cm³/mol. The number of anilines is 1. The fourth-order valence-electron chi connectivity index (χ4n) is 4.99. The zero-order chi connectivity index (χ0) is 22.7. The van der Waals surface area contributed by atoms with Gasteiger partial charge in [-0.25, -0.2) is 4.98 Å². The standard InChI is InChI=1S/C22H29N5O5/c23-21-15-11-14(32-19(15)5-7-24-21)12-25-22(31)18-6-8-27(18)17-4-2-1-3-16(17)26(9-10-28)13-20(29)30/h5,7,10-11,16-18H,1-4,6,8-9,12-13H2,(H2,23,24)(H,25,31)(H,29,30). The third-order valence-electron chi connectivity index (χ3n) is 6.56. The number of nitrogens with two attached hydrogens (primary N) is 1. The molecule has 3 unspecified atom stereocenters. The third kappa shape index (κ3) is 4.61. The normalized spacial score (nSPS) is 23.7. The zero-order valence-corrected chi connectivity index (χ0v) is 17.9. The first kappa shape index (κ1) is 22.2. The van der Waals surface area contributed by atoms with Gasteiger partial charge in [0.1, 0.15) is 23.4 Å². The summed E-state index contributed by atoms with van der Waals surface area (Å²) in [4.78, 5) is 43.3. The van der Waals surface area contributed by atoms with Gasteiger partial charge in [-0.1, -0.05) is 12.8 Å². The molecule has 2 aromatic rings. The van der Waals surface area contributed by atoms with E-state index in [-0.39, 0.29) is 43.7 Å². The number of amides is 1. The van der Waals surface area contributed by atoms with E-state index in [9.17, 15) is 19.5 Å². The molecule has 0 bridgehead atoms. The highest BCUT2D eigenvalue weighted by Crippen LogP contribution is 2.33. The highest BCUT2D eigenvalue weighted by molar-refractivity contribution is 5.87. The van der Waals surface area contributed by atoms with Crippen LogP contribution in [0.2, 0.25) is 0 Å². The second-order valence-electron chi connectivity index (χ2n) is 8.49. The second kappa shape index (κ2) is 9.66. The van der Waals surface area contributed by atoms with Crippen LogP contribution in [0.25, 0.3) is 11.0 Å². The van der Waals surface area contributed by atoms with Gasteiger partial charge < -0.3 is 25.4 Å². The van der Waals surface area contributed by atoms with Gasteiger partial charge in [-0.3, -0.25) is 19.4 Å². The number of aliphatic carboxylic acids is 1. The van der Waals surface area contributed by atoms with Gasteiger partial charge in [0.2, 0.25) is 5.91 Å². The Hall–Kier alpha value is -2.98. The van der Waals surface area contributed by atoms with Crippen molar-refractivity contribution in [2.75, 3.05) is 25.4 Å². The molecule has 3 atom stereocenters. The molecule has 1 saturated carbocycles. The lowest BCUT2D eigenvalue weighted by Gasteiger charge is -2.51. The van der Waals surface area contributed by atoms with Gasteiger partial charge in [0.25, 0.3) is 0 Å². The number of hydrogen-bond acceptors (Lipinski definition) is 8. The van der Waals surface area contributed by atoms with Crippen molar-refractivity contribution in [2.24, 2.45) is 0 Å². The van der Waals surface area contributed by atoms with E-state index in [0.717, 1.165) is 50.3 Å². The Bertz CT molecular complexity index is 992. The summed E-state index contributed by atoms with van der Waals surface area (Å²) in [5.41, 5.74) is 6.50. The van der Waals surface area contributed by atoms with Crippen molar-refractivity contribution in [2.45, 2.75) is 56.8 Å². The molecular formula is C22H29N5O5. The predicted octanol–water partition coefficient (Wildman–Crippen LogP) is 0.997. The summed E-state index contributed by atoms with van der Waals surface area (Å²) in [6.45, 7) is 0.951. The maximum Gasteiger partial charge on any atom is 0.317 e. The quantitative estimate of drug-likeness (QED) is 0.484. The summed E-state index contributed by atoms with van der Waals surface area (Å²) in [5, 5.41) is 12.9. The second-order valence-corrected chi connectivity index (χ2v) is 8.49. The van der Waals surface area contributed by atoms with Crippen LogP contribution in [0.5, 0.6) is 0 Å². The Morgan fingerprint density at radius 1 is 1.34 bits per heavy atom. The fourth-order valence-corrected chi connectivity index (χ4v) is 4.99. The van der Waals surface area contributed by atoms with Crippen molar-refractivity contribution in [3.05, 3.63) is 24.1 Å². The van der Waals surface area contributed by atoms with Crippen molar-refractivity contribution in [1.29, 1.82) is 0 Å². The number of furan rings is 1. The molecule has 2 fully saturated rings. The average Bonchev–Trinajstić information content (AvgIpc) is 3.16. The van der Waals surface area contributed by atoms with Gasteiger partial charge >= 0.3 is 5.97 Å². The van der Waals surface area contributed by atoms with Crippen LogP contribution in [0, 0.1) is 0 Å². The summed E-state index contributed by atoms with van der Waals surface area (Å²) in [5.74, 6) is -0.0327. The number of carbonyl (C=O) groups is 3. The van der Waals surface area contributed by atoms with Crippen LogP contribution in [0.15, 0.2) is 22.7 Å². The lowest BCUT2D eigenvalue weighted by molar-refractivity contribution is -0.142. The Kier molecular flexibility index (Phi) is 6.71. The molecule has 10 heteroatoms. The van der Waals surface area contributed by atoms with Crippen molar-refractivity contribution >= 4 is 34.9 Å². The number of pyridine rings is 1. The van der Waals surface area contributed by atoms with Gasteiger partial charge in [-0.2, -0.15) is 0 Å². The number of nitrogens with zero attached hydrogens (tertiary/aromatic N) is 3. The molecule has 1 saturated heterocycles. The number of rotatable bonds is 9. The van der Waals surface area contributed by atoms with E-state index in [1.807, 2.05) is 0 Å². The summed E-state index contributed by atoms with van der Waals surface area (Å²) in [6.07, 6.45) is 6.81. The molecule has 0 aromatic carbocycles. The number of nitrogens with one attached hydrogen (secondary N) is 1. The van der Waals surface area contributed by atoms with Gasteiger partial charge in [0, 0.05) is 24.8 Å². The van der Waals surface area contributed by atoms with E-state index < -0.39 is 5.97 Å². The van der Waals surface area contributed by atoms with E-state index in [0.29, 0.717) is 17.2 Å². The number of carbonyl (C=O) groups excluding carboxylic acids is 2. The fraction of sp³-hybridized carbons (Fsp3) is 0.545. The van der Waals surface area contributed by atoms with Crippen LogP contribution in [-0.2, 0) is 20.9 Å². The summed E-state index contributed by atoms with van der Waals surface area (Å²) in [7, 11) is 0. The number of aldehydes is 1. The van der Waals surface area contributed by atoms with E-state index >= 15 is 0 Å². The number of nitrogen functional groups attached to an aromatic ring is 1. The highest BCUT2D eigenvalue weighted by Gasteiger charge is 2.44. The number of hydrogen-bond donors (Lipinski definition) is 3. The zero-order valence-electron chi connectivity index (χ0n) is 17.9. The third-order valence-corrected chi connectivity index (χ3v) is 6.56. The summed E-state index contributed by atoms with van der Waals surface area (Å²) >= 11 is 0. The maximum atomic E-state index is 12.9. The first-order chi connectivity index (χ1) is 15.5. The molecular weight excluding hydrogens is 414 g/mol. The first-order valence-corrected chi connectivity index (χ1v) is 11.0. The molecule has 1 aliphatic heterocycles. The number of likely N-dealkylation sites (tertiary alicyclic amines) is 1. The van der Waals surface area contributed by atoms with Gasteiger partial charge in [0.05, 0.1) is 31.1 Å². The lowest BCUT2D eigenvalue weighted by atomic mass is 9.84. The molecule has 4 N–H and O–H groups in total. The molecule has 2 aromatic heterocycles. The Balaban J connectivity index is 1.40. The maximum absolute atomic E-state index is 12.9. The van der Waals surface area contributed by atoms with Gasteiger partial charge in [-0.15, -0.1) is 0 Å². The molecule has 1 amide bonds. The van der Waals surface area contributed by atoms with Crippen LogP contribution in [-0.4, -0.2) is 75.8 Å². The van der Waals surface area contributed by atoms with Crippen molar-refractivity contribution in [1.82, 2.24) is 20.1 Å². The van der Waals surface area contributed by atoms with Crippen LogP contribution in [0.4, 0.5) is 5.82 Å². The lowest BCUT2D eigenvalue weighted by Crippen LogP contribution is -2.65. The largest absolute Gasteiger partial charge is 0.480 e. The van der Waals surface area contributed by atoms with Crippen LogP contribution in [0.1, 0.15) is 37.9 Å². The minimum absolute atomic E-state index is 0.0495. The SMILES string of the molecule is Nc1nccc2oc(CNC(=O)C3CCN3C3CCCCC3N(CC=O)CC(=O)O)cc12. The molecule has 32 heavy (non-hydrogen) atoms. The van der Waals surface area contributed by atoms with E-state index in [1.165, 1.54) is 0 Å². The Labute approximate surface area is 185 Å². The molecule has 10 nitrogen and oxygen atoms in total. The molecule has 0 spiro atoms. The minimum Gasteiger partial charge on any atom is -0.480 e. The monoisotopic (exact) mass is 443 g/mol. The smallest absolute Gasteiger partial charge is 0.317 e. The van der Waals surface area contributed by atoms with E-state index in [4.69, 9.17) is 10.2 Å². The molecule has 4 rings (SSSR count). The molecule has 1 aliphatic carbocycles. The minimum atomic E-state index is -0.948. The summed E-state index contributed by atoms with van der Waals surface area (Å²) < 4.78 is 5.74. The van der Waals surface area contributed by atoms with Gasteiger partial charge in [0.15, 0.2) is 0 Å². The highest BCUT2D eigenvalue weighted by atomic mass is 16.4. The number of carboxylic acids is 1. The van der Waals surface area contributed by atoms with Crippen LogP contribution >= 0.6 is 0 Å². The average molecular weight is 444 g/mol. The number of fused-ring (bicyclic) bond motifs is 1. The summed E-state index contributed by atoms with van der Waals surface area (Å²) in [6, 6.07) is 3.27. The molecule has 172 valence electrons. The van der Waals surface area contributed by atoms with Crippen molar-refractivity contribution in [3.63, 3.8) is 0 Å². The number of aromatic nitrogens is 1. The van der Waals surface area contributed by atoms with E-state index in [2.05, 4.69) is 15.2 Å². The molecule has 3 heterocycles.